The van der Waals surface area contributed by atoms with E-state index in [1.807, 2.05) is 0 Å². The second kappa shape index (κ2) is 9.66. The predicted octanol–water partition coefficient (Wildman–Crippen LogP) is 3.29. The van der Waals surface area contributed by atoms with Crippen LogP contribution in [-0.2, 0) is 21.4 Å². The summed E-state index contributed by atoms with van der Waals surface area (Å²) in [5.74, 6) is -0.668. The third-order valence-electron chi connectivity index (χ3n) is 3.76. The number of rotatable bonds is 9. The quantitative estimate of drug-likeness (QED) is 0.569. The van der Waals surface area contributed by atoms with Crippen LogP contribution in [0.4, 0.5) is 8.78 Å². The molecule has 0 aromatic heterocycles. The van der Waals surface area contributed by atoms with Gasteiger partial charge in [0.15, 0.2) is 11.5 Å². The fourth-order valence-electron chi connectivity index (χ4n) is 2.31. The molecule has 0 aliphatic heterocycles. The predicted molar refractivity (Wildman–Crippen MR) is 101 cm³/mol. The molecule has 29 heavy (non-hydrogen) atoms. The summed E-state index contributed by atoms with van der Waals surface area (Å²) >= 11 is 0. The van der Waals surface area contributed by atoms with Crippen molar-refractivity contribution in [2.45, 2.75) is 25.0 Å². The molecule has 0 aliphatic rings. The minimum absolute atomic E-state index is 0.0509. The van der Waals surface area contributed by atoms with Gasteiger partial charge in [0.25, 0.3) is 0 Å². The zero-order valence-electron chi connectivity index (χ0n) is 16.1. The summed E-state index contributed by atoms with van der Waals surface area (Å²) in [4.78, 5) is 12.2. The molecule has 7 nitrogen and oxygen atoms in total. The number of carbonyl (C=O) groups is 1. The summed E-state index contributed by atoms with van der Waals surface area (Å²) < 4.78 is 64.9. The number of hydrogen-bond acceptors (Lipinski definition) is 6. The minimum atomic E-state index is -3.60. The first-order chi connectivity index (χ1) is 13.6. The molecular weight excluding hydrogens is 408 g/mol. The summed E-state index contributed by atoms with van der Waals surface area (Å²) in [6, 6.07) is 9.56. The number of halogens is 2. The van der Waals surface area contributed by atoms with Gasteiger partial charge in [0.05, 0.1) is 17.1 Å². The summed E-state index contributed by atoms with van der Waals surface area (Å²) in [5, 5.41) is 0. The van der Waals surface area contributed by atoms with Crippen molar-refractivity contribution in [3.8, 4) is 11.5 Å². The van der Waals surface area contributed by atoms with E-state index >= 15 is 0 Å². The molecule has 2 rings (SSSR count). The number of ether oxygens (including phenoxy) is 3. The van der Waals surface area contributed by atoms with Gasteiger partial charge in [-0.2, -0.15) is 8.78 Å². The van der Waals surface area contributed by atoms with Gasteiger partial charge < -0.3 is 14.2 Å². The molecule has 0 saturated carbocycles. The van der Waals surface area contributed by atoms with Crippen LogP contribution in [0, 0.1) is 0 Å². The number of alkyl halides is 2. The summed E-state index contributed by atoms with van der Waals surface area (Å²) in [7, 11) is -0.779. The molecule has 0 N–H and O–H groups in total. The molecule has 2 aromatic carbocycles. The topological polar surface area (TPSA) is 82.1 Å². The highest BCUT2D eigenvalue weighted by Crippen LogP contribution is 2.30. The SMILES string of the molecule is CCOc1cc(COC(=O)c2ccc(S(=O)(=O)N(C)C)cc2)ccc1OC(F)F. The summed E-state index contributed by atoms with van der Waals surface area (Å²) in [5.41, 5.74) is 0.681. The van der Waals surface area contributed by atoms with Crippen LogP contribution in [0.2, 0.25) is 0 Å². The molecule has 10 heteroatoms. The zero-order valence-corrected chi connectivity index (χ0v) is 16.9. The van der Waals surface area contributed by atoms with E-state index in [9.17, 15) is 22.0 Å². The van der Waals surface area contributed by atoms with E-state index in [2.05, 4.69) is 4.74 Å². The molecule has 0 bridgehead atoms. The van der Waals surface area contributed by atoms with Gasteiger partial charge in [-0.15, -0.1) is 0 Å². The van der Waals surface area contributed by atoms with E-state index < -0.39 is 22.6 Å². The van der Waals surface area contributed by atoms with Crippen LogP contribution >= 0.6 is 0 Å². The lowest BCUT2D eigenvalue weighted by Crippen LogP contribution is -2.22. The van der Waals surface area contributed by atoms with E-state index in [0.29, 0.717) is 5.56 Å². The Morgan fingerprint density at radius 3 is 2.28 bits per heavy atom. The second-order valence-corrected chi connectivity index (χ2v) is 8.13. The van der Waals surface area contributed by atoms with Gasteiger partial charge in [0.2, 0.25) is 10.0 Å². The smallest absolute Gasteiger partial charge is 0.387 e. The van der Waals surface area contributed by atoms with Crippen molar-refractivity contribution in [3.63, 3.8) is 0 Å². The molecule has 0 atom stereocenters. The average Bonchev–Trinajstić information content (AvgIpc) is 2.67. The highest BCUT2D eigenvalue weighted by atomic mass is 32.2. The highest BCUT2D eigenvalue weighted by Gasteiger charge is 2.18. The van der Waals surface area contributed by atoms with Gasteiger partial charge in [0, 0.05) is 14.1 Å². The Morgan fingerprint density at radius 1 is 1.07 bits per heavy atom. The van der Waals surface area contributed by atoms with Crippen molar-refractivity contribution in [3.05, 3.63) is 53.6 Å². The standard InChI is InChI=1S/C19H21F2NO6S/c1-4-26-17-11-13(5-10-16(17)28-19(20)21)12-27-18(23)14-6-8-15(9-7-14)29(24,25)22(2)3/h5-11,19H,4,12H2,1-3H3. The van der Waals surface area contributed by atoms with Crippen LogP contribution in [0.25, 0.3) is 0 Å². The molecule has 0 saturated heterocycles. The first-order valence-electron chi connectivity index (χ1n) is 8.55. The molecule has 0 unspecified atom stereocenters. The van der Waals surface area contributed by atoms with Crippen LogP contribution in [0.15, 0.2) is 47.4 Å². The third-order valence-corrected chi connectivity index (χ3v) is 5.59. The second-order valence-electron chi connectivity index (χ2n) is 5.98. The molecule has 0 amide bonds. The van der Waals surface area contributed by atoms with Crippen LogP contribution in [0.5, 0.6) is 11.5 Å². The van der Waals surface area contributed by atoms with E-state index in [1.54, 1.807) is 6.92 Å². The maximum atomic E-state index is 12.4. The largest absolute Gasteiger partial charge is 0.490 e. The normalized spacial score (nSPS) is 11.6. The molecule has 158 valence electrons. The van der Waals surface area contributed by atoms with Crippen molar-refractivity contribution in [2.24, 2.45) is 0 Å². The summed E-state index contributed by atoms with van der Waals surface area (Å²) in [6.07, 6.45) is 0. The van der Waals surface area contributed by atoms with Crippen molar-refractivity contribution in [2.75, 3.05) is 20.7 Å². The number of nitrogens with zero attached hydrogens (tertiary/aromatic N) is 1. The average molecular weight is 429 g/mol. The number of carbonyl (C=O) groups excluding carboxylic acids is 1. The molecule has 0 spiro atoms. The van der Waals surface area contributed by atoms with Gasteiger partial charge in [-0.3, -0.25) is 0 Å². The minimum Gasteiger partial charge on any atom is -0.490 e. The number of benzene rings is 2. The van der Waals surface area contributed by atoms with Crippen LogP contribution in [0.3, 0.4) is 0 Å². The summed E-state index contributed by atoms with van der Waals surface area (Å²) in [6.45, 7) is -1.19. The van der Waals surface area contributed by atoms with Crippen LogP contribution in [-0.4, -0.2) is 46.0 Å². The molecule has 0 aliphatic carbocycles. The lowest BCUT2D eigenvalue weighted by Gasteiger charge is -2.13. The zero-order chi connectivity index (χ0) is 21.6. The van der Waals surface area contributed by atoms with Crippen molar-refractivity contribution < 1.29 is 36.2 Å². The lowest BCUT2D eigenvalue weighted by atomic mass is 10.2. The molecular formula is C19H21F2NO6S. The van der Waals surface area contributed by atoms with Crippen molar-refractivity contribution in [1.29, 1.82) is 0 Å². The van der Waals surface area contributed by atoms with Gasteiger partial charge in [-0.25, -0.2) is 17.5 Å². The van der Waals surface area contributed by atoms with Gasteiger partial charge >= 0.3 is 12.6 Å². The van der Waals surface area contributed by atoms with E-state index in [4.69, 9.17) is 9.47 Å². The number of sulfonamides is 1. The van der Waals surface area contributed by atoms with Gasteiger partial charge in [-0.1, -0.05) is 6.07 Å². The Labute approximate surface area is 167 Å². The van der Waals surface area contributed by atoms with Gasteiger partial charge in [0.1, 0.15) is 6.61 Å². The number of hydrogen-bond donors (Lipinski definition) is 0. The Hall–Kier alpha value is -2.72. The number of esters is 1. The van der Waals surface area contributed by atoms with Gasteiger partial charge in [-0.05, 0) is 48.9 Å². The Balaban J connectivity index is 2.07. The van der Waals surface area contributed by atoms with Crippen LogP contribution < -0.4 is 9.47 Å². The lowest BCUT2D eigenvalue weighted by molar-refractivity contribution is -0.0514. The molecule has 0 fully saturated rings. The van der Waals surface area contributed by atoms with Crippen molar-refractivity contribution in [1.82, 2.24) is 4.31 Å². The Kier molecular flexibility index (Phi) is 7.52. The maximum Gasteiger partial charge on any atom is 0.387 e. The van der Waals surface area contributed by atoms with Crippen molar-refractivity contribution >= 4 is 16.0 Å². The highest BCUT2D eigenvalue weighted by molar-refractivity contribution is 7.89. The first kappa shape index (κ1) is 22.6. The Bertz CT molecular complexity index is 946. The maximum absolute atomic E-state index is 12.4. The fraction of sp³-hybridized carbons (Fsp3) is 0.316. The first-order valence-corrected chi connectivity index (χ1v) is 9.99. The third kappa shape index (κ3) is 5.88. The molecule has 0 radical (unpaired) electrons. The van der Waals surface area contributed by atoms with Crippen LogP contribution in [0.1, 0.15) is 22.8 Å². The fourth-order valence-corrected chi connectivity index (χ4v) is 3.21. The monoisotopic (exact) mass is 429 g/mol. The molecule has 0 heterocycles. The molecule has 2 aromatic rings. The Morgan fingerprint density at radius 2 is 1.72 bits per heavy atom. The van der Waals surface area contributed by atoms with E-state index in [1.165, 1.54) is 56.6 Å². The van der Waals surface area contributed by atoms with E-state index in [0.717, 1.165) is 4.31 Å². The van der Waals surface area contributed by atoms with E-state index in [-0.39, 0.29) is 35.2 Å².